The summed E-state index contributed by atoms with van der Waals surface area (Å²) in [5, 5.41) is 12.0. The minimum Gasteiger partial charge on any atom is -0.507 e. The number of aromatic amines is 1. The highest BCUT2D eigenvalue weighted by Gasteiger charge is 2.47. The molecule has 2 N–H and O–H groups in total. The number of amides is 1. The topological polar surface area (TPSA) is 73.4 Å². The second kappa shape index (κ2) is 7.25. The molecule has 4 aromatic rings. The first kappa shape index (κ1) is 18.8. The van der Waals surface area contributed by atoms with E-state index in [4.69, 9.17) is 0 Å². The number of halogens is 1. The fourth-order valence-corrected chi connectivity index (χ4v) is 4.06. The van der Waals surface area contributed by atoms with Crippen molar-refractivity contribution < 1.29 is 19.1 Å². The molecule has 6 heteroatoms. The number of H-pyrrole nitrogens is 1. The highest BCUT2D eigenvalue weighted by molar-refractivity contribution is 6.51. The van der Waals surface area contributed by atoms with Crippen LogP contribution in [0.4, 0.5) is 10.1 Å². The molecule has 1 aromatic heterocycles. The normalized spacial score (nSPS) is 18.1. The molecule has 3 aromatic carbocycles. The van der Waals surface area contributed by atoms with Crippen molar-refractivity contribution in [3.63, 3.8) is 0 Å². The molecule has 5 rings (SSSR count). The monoisotopic (exact) mass is 412 g/mol. The van der Waals surface area contributed by atoms with Crippen LogP contribution < -0.4 is 4.90 Å². The van der Waals surface area contributed by atoms with Crippen LogP contribution >= 0.6 is 0 Å². The number of anilines is 1. The van der Waals surface area contributed by atoms with E-state index in [-0.39, 0.29) is 11.3 Å². The predicted molar refractivity (Wildman–Crippen MR) is 116 cm³/mol. The number of nitrogens with zero attached hydrogens (tertiary/aromatic N) is 1. The number of Topliss-reactive ketones (excluding diaryl/α,β-unsaturated/α-hetero) is 1. The maximum Gasteiger partial charge on any atom is 0.300 e. The van der Waals surface area contributed by atoms with Crippen LogP contribution in [0.3, 0.4) is 0 Å². The van der Waals surface area contributed by atoms with Crippen molar-refractivity contribution in [3.8, 4) is 0 Å². The van der Waals surface area contributed by atoms with E-state index in [1.807, 2.05) is 24.3 Å². The molecular weight excluding hydrogens is 395 g/mol. The van der Waals surface area contributed by atoms with Crippen LogP contribution in [0.5, 0.6) is 0 Å². The summed E-state index contributed by atoms with van der Waals surface area (Å²) in [6.07, 6.45) is 1.61. The second-order valence-corrected chi connectivity index (χ2v) is 7.30. The van der Waals surface area contributed by atoms with Gasteiger partial charge in [0.15, 0.2) is 0 Å². The first-order valence-corrected chi connectivity index (χ1v) is 9.74. The van der Waals surface area contributed by atoms with Gasteiger partial charge in [-0.2, -0.15) is 0 Å². The minimum atomic E-state index is -0.892. The van der Waals surface area contributed by atoms with Gasteiger partial charge in [0.25, 0.3) is 11.7 Å². The molecule has 0 bridgehead atoms. The van der Waals surface area contributed by atoms with Crippen LogP contribution in [0.1, 0.15) is 17.2 Å². The number of carbonyl (C=O) groups is 2. The van der Waals surface area contributed by atoms with Crippen LogP contribution in [0, 0.1) is 5.82 Å². The summed E-state index contributed by atoms with van der Waals surface area (Å²) in [4.78, 5) is 30.6. The van der Waals surface area contributed by atoms with Gasteiger partial charge in [0.2, 0.25) is 0 Å². The van der Waals surface area contributed by atoms with Gasteiger partial charge in [-0.25, -0.2) is 4.39 Å². The van der Waals surface area contributed by atoms with Crippen molar-refractivity contribution in [2.45, 2.75) is 6.04 Å². The average Bonchev–Trinajstić information content (AvgIpc) is 3.34. The first-order valence-electron chi connectivity index (χ1n) is 9.74. The second-order valence-electron chi connectivity index (χ2n) is 7.30. The van der Waals surface area contributed by atoms with E-state index in [0.717, 1.165) is 10.9 Å². The Morgan fingerprint density at radius 2 is 1.58 bits per heavy atom. The standard InChI is InChI=1S/C25H17FN2O3/c26-16-12-10-15(11-13-16)22-21(23(29)19-14-27-20-9-5-4-8-18(19)20)24(30)25(31)28(22)17-6-2-1-3-7-17/h1-14,22,27,29H/b23-21-. The SMILES string of the molecule is O=C1C(=O)N(c2ccccc2)C(c2ccc(F)cc2)/C1=C(/O)c1c[nH]c2ccccc12. The molecule has 1 aliphatic rings. The quantitative estimate of drug-likeness (QED) is 0.285. The van der Waals surface area contributed by atoms with Crippen molar-refractivity contribution in [3.05, 3.63) is 108 Å². The maximum absolute atomic E-state index is 13.6. The van der Waals surface area contributed by atoms with Gasteiger partial charge in [-0.1, -0.05) is 48.5 Å². The predicted octanol–water partition coefficient (Wildman–Crippen LogP) is 4.93. The number of aliphatic hydroxyl groups is 1. The van der Waals surface area contributed by atoms with E-state index in [0.29, 0.717) is 16.8 Å². The third-order valence-corrected chi connectivity index (χ3v) is 5.51. The lowest BCUT2D eigenvalue weighted by Gasteiger charge is -2.25. The Hall–Kier alpha value is -4.19. The summed E-state index contributed by atoms with van der Waals surface area (Å²) < 4.78 is 13.6. The number of hydrogen-bond acceptors (Lipinski definition) is 3. The van der Waals surface area contributed by atoms with Gasteiger partial charge in [-0.15, -0.1) is 0 Å². The molecule has 1 amide bonds. The minimum absolute atomic E-state index is 0.0368. The van der Waals surface area contributed by atoms with Crippen molar-refractivity contribution in [2.24, 2.45) is 0 Å². The Morgan fingerprint density at radius 3 is 2.32 bits per heavy atom. The zero-order valence-electron chi connectivity index (χ0n) is 16.2. The molecule has 0 spiro atoms. The van der Waals surface area contributed by atoms with E-state index < -0.39 is 23.5 Å². The summed E-state index contributed by atoms with van der Waals surface area (Å²) in [5.41, 5.74) is 2.21. The van der Waals surface area contributed by atoms with E-state index in [1.165, 1.54) is 29.2 Å². The van der Waals surface area contributed by atoms with Crippen molar-refractivity contribution in [1.29, 1.82) is 0 Å². The van der Waals surface area contributed by atoms with Crippen molar-refractivity contribution in [2.75, 3.05) is 4.90 Å². The molecule has 0 aliphatic carbocycles. The summed E-state index contributed by atoms with van der Waals surface area (Å²) in [6, 6.07) is 20.8. The van der Waals surface area contributed by atoms with Crippen LogP contribution in [-0.4, -0.2) is 21.8 Å². The van der Waals surface area contributed by atoms with Crippen molar-refractivity contribution >= 4 is 34.0 Å². The lowest BCUT2D eigenvalue weighted by Crippen LogP contribution is -2.29. The number of aliphatic hydroxyl groups excluding tert-OH is 1. The number of rotatable bonds is 3. The summed E-state index contributed by atoms with van der Waals surface area (Å²) >= 11 is 0. The fraction of sp³-hybridized carbons (Fsp3) is 0.0400. The molecule has 31 heavy (non-hydrogen) atoms. The summed E-state index contributed by atoms with van der Waals surface area (Å²) in [5.74, 6) is -2.25. The van der Waals surface area contributed by atoms with Crippen LogP contribution in [-0.2, 0) is 9.59 Å². The van der Waals surface area contributed by atoms with Gasteiger partial charge in [-0.3, -0.25) is 14.5 Å². The summed E-state index contributed by atoms with van der Waals surface area (Å²) in [7, 11) is 0. The lowest BCUT2D eigenvalue weighted by molar-refractivity contribution is -0.132. The van der Waals surface area contributed by atoms with E-state index in [9.17, 15) is 19.1 Å². The molecule has 1 saturated heterocycles. The molecule has 1 fully saturated rings. The molecule has 1 unspecified atom stereocenters. The van der Waals surface area contributed by atoms with Crippen LogP contribution in [0.2, 0.25) is 0 Å². The van der Waals surface area contributed by atoms with E-state index in [2.05, 4.69) is 4.98 Å². The molecule has 2 heterocycles. The van der Waals surface area contributed by atoms with E-state index >= 15 is 0 Å². The molecular formula is C25H17FN2O3. The third-order valence-electron chi connectivity index (χ3n) is 5.51. The zero-order valence-corrected chi connectivity index (χ0v) is 16.2. The Bertz CT molecular complexity index is 1340. The van der Waals surface area contributed by atoms with Gasteiger partial charge in [0.05, 0.1) is 11.6 Å². The molecule has 5 nitrogen and oxygen atoms in total. The van der Waals surface area contributed by atoms with E-state index in [1.54, 1.807) is 36.5 Å². The van der Waals surface area contributed by atoms with Crippen LogP contribution in [0.25, 0.3) is 16.7 Å². The highest BCUT2D eigenvalue weighted by atomic mass is 19.1. The number of aromatic nitrogens is 1. The number of benzene rings is 3. The number of carbonyl (C=O) groups excluding carboxylic acids is 2. The molecule has 152 valence electrons. The maximum atomic E-state index is 13.6. The van der Waals surface area contributed by atoms with Gasteiger partial charge >= 0.3 is 0 Å². The molecule has 1 atom stereocenters. The van der Waals surface area contributed by atoms with Gasteiger partial charge in [0, 0.05) is 28.4 Å². The molecule has 0 radical (unpaired) electrons. The van der Waals surface area contributed by atoms with Gasteiger partial charge in [-0.05, 0) is 35.9 Å². The number of hydrogen-bond donors (Lipinski definition) is 2. The van der Waals surface area contributed by atoms with Crippen LogP contribution in [0.15, 0.2) is 90.6 Å². The average molecular weight is 412 g/mol. The number of fused-ring (bicyclic) bond motifs is 1. The Balaban J connectivity index is 1.76. The summed E-state index contributed by atoms with van der Waals surface area (Å²) in [6.45, 7) is 0. The molecule has 0 saturated carbocycles. The Kier molecular flexibility index (Phi) is 4.40. The largest absolute Gasteiger partial charge is 0.507 e. The highest BCUT2D eigenvalue weighted by Crippen LogP contribution is 2.42. The molecule has 1 aliphatic heterocycles. The Labute approximate surface area is 177 Å². The van der Waals surface area contributed by atoms with Gasteiger partial charge in [0.1, 0.15) is 11.6 Å². The zero-order chi connectivity index (χ0) is 21.5. The smallest absolute Gasteiger partial charge is 0.300 e. The third kappa shape index (κ3) is 3.00. The number of nitrogens with one attached hydrogen (secondary N) is 1. The van der Waals surface area contributed by atoms with Gasteiger partial charge < -0.3 is 10.1 Å². The number of ketones is 1. The number of para-hydroxylation sites is 2. The Morgan fingerprint density at radius 1 is 0.903 bits per heavy atom. The fourth-order valence-electron chi connectivity index (χ4n) is 4.06. The first-order chi connectivity index (χ1) is 15.1. The van der Waals surface area contributed by atoms with Crippen molar-refractivity contribution in [1.82, 2.24) is 4.98 Å². The lowest BCUT2D eigenvalue weighted by atomic mass is 9.95.